The Hall–Kier alpha value is -3.90. The molecule has 2 heterocycles. The van der Waals surface area contributed by atoms with Crippen LogP contribution in [-0.4, -0.2) is 9.38 Å². The van der Waals surface area contributed by atoms with Gasteiger partial charge in [-0.2, -0.15) is 15.5 Å². The molecule has 0 amide bonds. The minimum atomic E-state index is -0.411. The first-order chi connectivity index (χ1) is 12.9. The number of allylic oxidation sites excluding steroid dienone is 1. The summed E-state index contributed by atoms with van der Waals surface area (Å²) in [5.41, 5.74) is 2.66. The molecule has 0 atom stereocenters. The molecular formula is C21H16N4O2. The molecule has 6 heteroatoms. The Kier molecular flexibility index (Phi) is 4.74. The van der Waals surface area contributed by atoms with Crippen molar-refractivity contribution >= 4 is 11.7 Å². The van der Waals surface area contributed by atoms with Crippen LogP contribution in [0.15, 0.2) is 46.9 Å². The first-order valence-electron chi connectivity index (χ1n) is 8.23. The molecule has 0 saturated heterocycles. The number of nitriles is 2. The number of rotatable bonds is 3. The average Bonchev–Trinajstić information content (AvgIpc) is 2.65. The first-order valence-corrected chi connectivity index (χ1v) is 8.23. The summed E-state index contributed by atoms with van der Waals surface area (Å²) in [6.07, 6.45) is 2.80. The van der Waals surface area contributed by atoms with E-state index < -0.39 is 5.56 Å². The third-order valence-electron chi connectivity index (χ3n) is 4.12. The number of hydrogen-bond acceptors (Lipinski definition) is 5. The Labute approximate surface area is 156 Å². The minimum Gasteiger partial charge on any atom is -0.438 e. The number of hydrogen-bond donors (Lipinski definition) is 0. The van der Waals surface area contributed by atoms with E-state index in [1.807, 2.05) is 39.0 Å². The van der Waals surface area contributed by atoms with Crippen molar-refractivity contribution in [1.29, 1.82) is 10.5 Å². The predicted octanol–water partition coefficient (Wildman–Crippen LogP) is 3.84. The van der Waals surface area contributed by atoms with Gasteiger partial charge in [-0.1, -0.05) is 23.8 Å². The van der Waals surface area contributed by atoms with Crippen molar-refractivity contribution in [2.24, 2.45) is 0 Å². The molecule has 0 radical (unpaired) electrons. The van der Waals surface area contributed by atoms with Gasteiger partial charge in [0.1, 0.15) is 34.7 Å². The second-order valence-corrected chi connectivity index (χ2v) is 6.17. The van der Waals surface area contributed by atoms with Crippen molar-refractivity contribution in [3.8, 4) is 23.8 Å². The zero-order valence-corrected chi connectivity index (χ0v) is 15.1. The summed E-state index contributed by atoms with van der Waals surface area (Å²) >= 11 is 0. The van der Waals surface area contributed by atoms with Crippen LogP contribution in [0.1, 0.15) is 22.3 Å². The van der Waals surface area contributed by atoms with Gasteiger partial charge in [0.2, 0.25) is 5.88 Å². The summed E-state index contributed by atoms with van der Waals surface area (Å²) in [6, 6.07) is 12.8. The summed E-state index contributed by atoms with van der Waals surface area (Å²) in [6.45, 7) is 5.71. The highest BCUT2D eigenvalue weighted by atomic mass is 16.5. The number of fused-ring (bicyclic) bond motifs is 1. The molecule has 0 saturated carbocycles. The molecule has 0 aliphatic carbocycles. The maximum Gasteiger partial charge on any atom is 0.269 e. The second-order valence-electron chi connectivity index (χ2n) is 6.17. The molecule has 0 bridgehead atoms. The normalized spacial score (nSPS) is 10.1. The van der Waals surface area contributed by atoms with E-state index in [0.29, 0.717) is 11.4 Å². The lowest BCUT2D eigenvalue weighted by atomic mass is 10.1. The van der Waals surface area contributed by atoms with E-state index in [9.17, 15) is 4.79 Å². The van der Waals surface area contributed by atoms with Crippen molar-refractivity contribution in [3.63, 3.8) is 0 Å². The molecule has 0 spiro atoms. The van der Waals surface area contributed by atoms with Gasteiger partial charge in [-0.3, -0.25) is 9.20 Å². The molecule has 6 nitrogen and oxygen atoms in total. The average molecular weight is 356 g/mol. The van der Waals surface area contributed by atoms with Gasteiger partial charge in [0.25, 0.3) is 5.56 Å². The van der Waals surface area contributed by atoms with Gasteiger partial charge in [0.15, 0.2) is 0 Å². The largest absolute Gasteiger partial charge is 0.438 e. The van der Waals surface area contributed by atoms with Crippen LogP contribution in [-0.2, 0) is 0 Å². The van der Waals surface area contributed by atoms with E-state index in [1.165, 1.54) is 10.5 Å². The highest BCUT2D eigenvalue weighted by molar-refractivity contribution is 5.66. The van der Waals surface area contributed by atoms with E-state index in [2.05, 4.69) is 4.98 Å². The summed E-state index contributed by atoms with van der Waals surface area (Å²) in [7, 11) is 0. The fourth-order valence-corrected chi connectivity index (χ4v) is 2.75. The van der Waals surface area contributed by atoms with Crippen molar-refractivity contribution < 1.29 is 4.74 Å². The van der Waals surface area contributed by atoms with Crippen LogP contribution < -0.4 is 10.3 Å². The second kappa shape index (κ2) is 7.15. The van der Waals surface area contributed by atoms with Crippen molar-refractivity contribution in [1.82, 2.24) is 9.38 Å². The quantitative estimate of drug-likeness (QED) is 0.665. The Morgan fingerprint density at radius 1 is 1.15 bits per heavy atom. The third-order valence-corrected chi connectivity index (χ3v) is 4.12. The van der Waals surface area contributed by atoms with Crippen LogP contribution in [0.3, 0.4) is 0 Å². The summed E-state index contributed by atoms with van der Waals surface area (Å²) < 4.78 is 7.32. The molecule has 27 heavy (non-hydrogen) atoms. The molecule has 132 valence electrons. The zero-order chi connectivity index (χ0) is 19.6. The van der Waals surface area contributed by atoms with E-state index in [-0.39, 0.29) is 17.0 Å². The highest BCUT2D eigenvalue weighted by Crippen LogP contribution is 2.27. The molecule has 3 rings (SSSR count). The summed E-state index contributed by atoms with van der Waals surface area (Å²) in [5.74, 6) is 0.611. The number of ether oxygens (including phenoxy) is 1. The Morgan fingerprint density at radius 3 is 2.56 bits per heavy atom. The molecule has 1 aromatic carbocycles. The molecular weight excluding hydrogens is 340 g/mol. The van der Waals surface area contributed by atoms with Crippen LogP contribution in [0.25, 0.3) is 11.7 Å². The lowest BCUT2D eigenvalue weighted by molar-refractivity contribution is 0.457. The monoisotopic (exact) mass is 356 g/mol. The zero-order valence-electron chi connectivity index (χ0n) is 15.1. The Bertz CT molecular complexity index is 1210. The number of aromatic nitrogens is 2. The van der Waals surface area contributed by atoms with Crippen molar-refractivity contribution in [3.05, 3.63) is 74.7 Å². The molecule has 0 N–H and O–H groups in total. The molecule has 0 unspecified atom stereocenters. The van der Waals surface area contributed by atoms with E-state index >= 15 is 0 Å². The third kappa shape index (κ3) is 3.42. The lowest BCUT2D eigenvalue weighted by Gasteiger charge is -2.13. The maximum atomic E-state index is 13.0. The smallest absolute Gasteiger partial charge is 0.269 e. The highest BCUT2D eigenvalue weighted by Gasteiger charge is 2.16. The van der Waals surface area contributed by atoms with Gasteiger partial charge < -0.3 is 4.74 Å². The SMILES string of the molecule is Cc1ccc(Oc2nc3c(C)cccn3c(=O)c2C=C(C#N)C#N)c(C)c1. The van der Waals surface area contributed by atoms with Crippen LogP contribution in [0.4, 0.5) is 0 Å². The number of nitrogens with zero attached hydrogens (tertiary/aromatic N) is 4. The minimum absolute atomic E-state index is 0.0520. The van der Waals surface area contributed by atoms with E-state index in [1.54, 1.807) is 30.5 Å². The molecule has 3 aromatic rings. The summed E-state index contributed by atoms with van der Waals surface area (Å²) in [4.78, 5) is 17.5. The number of benzene rings is 1. The van der Waals surface area contributed by atoms with Gasteiger partial charge in [-0.05, 0) is 50.1 Å². The van der Waals surface area contributed by atoms with Crippen LogP contribution in [0, 0.1) is 43.4 Å². The topological polar surface area (TPSA) is 91.2 Å². The number of pyridine rings is 1. The first kappa shape index (κ1) is 17.9. The Balaban J connectivity index is 2.30. The van der Waals surface area contributed by atoms with E-state index in [4.69, 9.17) is 15.3 Å². The summed E-state index contributed by atoms with van der Waals surface area (Å²) in [5, 5.41) is 18.2. The molecule has 2 aromatic heterocycles. The fourth-order valence-electron chi connectivity index (χ4n) is 2.75. The van der Waals surface area contributed by atoms with E-state index in [0.717, 1.165) is 16.7 Å². The van der Waals surface area contributed by atoms with Gasteiger partial charge in [0, 0.05) is 6.20 Å². The molecule has 0 aliphatic heterocycles. The van der Waals surface area contributed by atoms with Gasteiger partial charge >= 0.3 is 0 Å². The van der Waals surface area contributed by atoms with Crippen LogP contribution >= 0.6 is 0 Å². The molecule has 0 fully saturated rings. The van der Waals surface area contributed by atoms with Gasteiger partial charge in [-0.25, -0.2) is 0 Å². The van der Waals surface area contributed by atoms with Gasteiger partial charge in [-0.15, -0.1) is 0 Å². The predicted molar refractivity (Wildman–Crippen MR) is 101 cm³/mol. The lowest BCUT2D eigenvalue weighted by Crippen LogP contribution is -2.19. The van der Waals surface area contributed by atoms with Crippen molar-refractivity contribution in [2.45, 2.75) is 20.8 Å². The van der Waals surface area contributed by atoms with Gasteiger partial charge in [0.05, 0.1) is 0 Å². The van der Waals surface area contributed by atoms with Crippen LogP contribution in [0.5, 0.6) is 11.6 Å². The standard InChI is InChI=1S/C21H16N4O2/c1-13-6-7-18(15(3)9-13)27-20-17(10-16(11-22)12-23)21(26)25-8-4-5-14(2)19(25)24-20/h4-10H,1-3H3. The number of aryl methyl sites for hydroxylation is 3. The maximum absolute atomic E-state index is 13.0. The molecule has 0 aliphatic rings. The van der Waals surface area contributed by atoms with Crippen LogP contribution in [0.2, 0.25) is 0 Å². The fraction of sp³-hybridized carbons (Fsp3) is 0.143. The van der Waals surface area contributed by atoms with Crippen molar-refractivity contribution in [2.75, 3.05) is 0 Å². The Morgan fingerprint density at radius 2 is 1.89 bits per heavy atom.